The Labute approximate surface area is 104 Å². The van der Waals surface area contributed by atoms with Crippen LogP contribution in [0.2, 0.25) is 0 Å². The first kappa shape index (κ1) is 11.5. The molecule has 2 heteroatoms. The molecule has 3 unspecified atom stereocenters. The van der Waals surface area contributed by atoms with Crippen LogP contribution in [0.5, 0.6) is 0 Å². The van der Waals surface area contributed by atoms with Crippen LogP contribution in [-0.2, 0) is 0 Å². The average molecular weight is 392 g/mol. The molecule has 0 aromatic carbocycles. The van der Waals surface area contributed by atoms with Crippen LogP contribution >= 0.6 is 45.2 Å². The molecular weight excluding hydrogens is 374 g/mol. The summed E-state index contributed by atoms with van der Waals surface area (Å²) in [6, 6.07) is 0. The van der Waals surface area contributed by atoms with Crippen LogP contribution in [0.25, 0.3) is 0 Å². The van der Waals surface area contributed by atoms with Crippen molar-refractivity contribution in [1.82, 2.24) is 0 Å². The molecule has 72 valence electrons. The molecule has 0 saturated heterocycles. The molecule has 0 spiro atoms. The lowest BCUT2D eigenvalue weighted by Crippen LogP contribution is -2.36. The Bertz CT molecular complexity index is 152. The minimum absolute atomic E-state index is 0.559. The molecule has 0 amide bonds. The highest BCUT2D eigenvalue weighted by atomic mass is 127. The Morgan fingerprint density at radius 3 is 2.42 bits per heavy atom. The van der Waals surface area contributed by atoms with Gasteiger partial charge in [0.05, 0.1) is 0 Å². The number of hydrogen-bond acceptors (Lipinski definition) is 0. The second kappa shape index (κ2) is 4.32. The summed E-state index contributed by atoms with van der Waals surface area (Å²) < 4.78 is 1.43. The number of alkyl halides is 2. The minimum atomic E-state index is 0.559. The van der Waals surface area contributed by atoms with Crippen LogP contribution in [0.1, 0.15) is 40.0 Å². The predicted octanol–water partition coefficient (Wildman–Crippen LogP) is 4.44. The van der Waals surface area contributed by atoms with E-state index in [2.05, 4.69) is 66.0 Å². The summed E-state index contributed by atoms with van der Waals surface area (Å²) in [5.74, 6) is 1.87. The summed E-state index contributed by atoms with van der Waals surface area (Å²) >= 11 is 5.28. The number of rotatable bonds is 1. The fourth-order valence-corrected chi connectivity index (χ4v) is 3.39. The third-order valence-electron chi connectivity index (χ3n) is 3.11. The van der Waals surface area contributed by atoms with Gasteiger partial charge in [-0.05, 0) is 38.0 Å². The van der Waals surface area contributed by atoms with Crippen LogP contribution in [0.3, 0.4) is 0 Å². The molecule has 3 atom stereocenters. The van der Waals surface area contributed by atoms with Crippen LogP contribution < -0.4 is 0 Å². The molecule has 12 heavy (non-hydrogen) atoms. The van der Waals surface area contributed by atoms with Gasteiger partial charge in [0.1, 0.15) is 0 Å². The molecule has 0 nitrogen and oxygen atoms in total. The molecule has 1 fully saturated rings. The summed E-state index contributed by atoms with van der Waals surface area (Å²) in [4.78, 5) is 0. The zero-order valence-electron chi connectivity index (χ0n) is 8.11. The van der Waals surface area contributed by atoms with Crippen LogP contribution in [0.15, 0.2) is 0 Å². The van der Waals surface area contributed by atoms with Crippen molar-refractivity contribution in [2.24, 2.45) is 11.8 Å². The lowest BCUT2D eigenvalue weighted by molar-refractivity contribution is 0.270. The van der Waals surface area contributed by atoms with Crippen LogP contribution in [0, 0.1) is 11.8 Å². The standard InChI is InChI=1S/C10H18I2/c1-7(2)8-4-5-10(3,12)9(11)6-8/h7-9H,4-6H2,1-3H3. The third kappa shape index (κ3) is 2.72. The van der Waals surface area contributed by atoms with Crippen molar-refractivity contribution in [1.29, 1.82) is 0 Å². The van der Waals surface area contributed by atoms with E-state index in [4.69, 9.17) is 0 Å². The summed E-state index contributed by atoms with van der Waals surface area (Å²) in [6.07, 6.45) is 4.28. The van der Waals surface area contributed by atoms with Gasteiger partial charge in [0.2, 0.25) is 0 Å². The predicted molar refractivity (Wildman–Crippen MR) is 72.4 cm³/mol. The van der Waals surface area contributed by atoms with Crippen molar-refractivity contribution in [2.75, 3.05) is 0 Å². The highest BCUT2D eigenvalue weighted by molar-refractivity contribution is 14.1. The Balaban J connectivity index is 2.52. The lowest BCUT2D eigenvalue weighted by atomic mass is 9.77. The maximum atomic E-state index is 2.64. The van der Waals surface area contributed by atoms with Gasteiger partial charge in [-0.3, -0.25) is 0 Å². The number of halogens is 2. The van der Waals surface area contributed by atoms with Crippen LogP contribution in [-0.4, -0.2) is 7.35 Å². The van der Waals surface area contributed by atoms with E-state index in [0.29, 0.717) is 3.42 Å². The molecule has 0 aliphatic heterocycles. The van der Waals surface area contributed by atoms with Gasteiger partial charge in [0.15, 0.2) is 0 Å². The maximum absolute atomic E-state index is 2.64. The minimum Gasteiger partial charge on any atom is -0.0812 e. The molecule has 0 aromatic rings. The topological polar surface area (TPSA) is 0 Å². The third-order valence-corrected chi connectivity index (χ3v) is 7.48. The van der Waals surface area contributed by atoms with Crippen molar-refractivity contribution >= 4 is 45.2 Å². The molecule has 0 aromatic heterocycles. The van der Waals surface area contributed by atoms with Gasteiger partial charge in [-0.25, -0.2) is 0 Å². The Morgan fingerprint density at radius 2 is 2.00 bits per heavy atom. The molecule has 1 saturated carbocycles. The Kier molecular flexibility index (Phi) is 4.15. The lowest BCUT2D eigenvalue weighted by Gasteiger charge is -2.39. The second-order valence-corrected chi connectivity index (χ2v) is 8.49. The molecule has 1 aliphatic rings. The number of hydrogen-bond donors (Lipinski definition) is 0. The van der Waals surface area contributed by atoms with E-state index in [1.807, 2.05) is 0 Å². The second-order valence-electron chi connectivity index (χ2n) is 4.52. The van der Waals surface area contributed by atoms with E-state index in [0.717, 1.165) is 15.8 Å². The molecule has 1 aliphatic carbocycles. The van der Waals surface area contributed by atoms with Gasteiger partial charge in [0.25, 0.3) is 0 Å². The van der Waals surface area contributed by atoms with Crippen LogP contribution in [0.4, 0.5) is 0 Å². The summed E-state index contributed by atoms with van der Waals surface area (Å²) in [5, 5.41) is 0. The summed E-state index contributed by atoms with van der Waals surface area (Å²) in [6.45, 7) is 7.13. The van der Waals surface area contributed by atoms with Crippen molar-refractivity contribution in [3.63, 3.8) is 0 Å². The molecule has 0 radical (unpaired) electrons. The SMILES string of the molecule is CC(C)C1CCC(C)(I)C(I)C1. The molecule has 0 N–H and O–H groups in total. The highest BCUT2D eigenvalue weighted by Gasteiger charge is 2.36. The zero-order valence-corrected chi connectivity index (χ0v) is 12.4. The fourth-order valence-electron chi connectivity index (χ4n) is 1.86. The van der Waals surface area contributed by atoms with E-state index in [-0.39, 0.29) is 0 Å². The largest absolute Gasteiger partial charge is 0.0812 e. The van der Waals surface area contributed by atoms with E-state index in [9.17, 15) is 0 Å². The average Bonchev–Trinajstić information content (AvgIpc) is 1.94. The van der Waals surface area contributed by atoms with Gasteiger partial charge in [-0.2, -0.15) is 0 Å². The van der Waals surface area contributed by atoms with Gasteiger partial charge in [-0.15, -0.1) is 0 Å². The van der Waals surface area contributed by atoms with Crippen molar-refractivity contribution in [3.05, 3.63) is 0 Å². The normalized spacial score (nSPS) is 43.5. The smallest absolute Gasteiger partial charge is 0.0311 e. The maximum Gasteiger partial charge on any atom is 0.0311 e. The Morgan fingerprint density at radius 1 is 1.42 bits per heavy atom. The van der Waals surface area contributed by atoms with Crippen molar-refractivity contribution in [2.45, 2.75) is 47.4 Å². The summed E-state index contributed by atoms with van der Waals surface area (Å²) in [5.41, 5.74) is 0. The van der Waals surface area contributed by atoms with E-state index < -0.39 is 0 Å². The van der Waals surface area contributed by atoms with E-state index >= 15 is 0 Å². The first-order chi connectivity index (χ1) is 5.43. The van der Waals surface area contributed by atoms with Gasteiger partial charge in [-0.1, -0.05) is 59.0 Å². The first-order valence-corrected chi connectivity index (χ1v) is 7.09. The summed E-state index contributed by atoms with van der Waals surface area (Å²) in [7, 11) is 0. The first-order valence-electron chi connectivity index (χ1n) is 4.76. The van der Waals surface area contributed by atoms with E-state index in [1.165, 1.54) is 19.3 Å². The van der Waals surface area contributed by atoms with Crippen molar-refractivity contribution in [3.8, 4) is 0 Å². The van der Waals surface area contributed by atoms with Gasteiger partial charge < -0.3 is 0 Å². The molecule has 1 rings (SSSR count). The molecule has 0 bridgehead atoms. The monoisotopic (exact) mass is 392 g/mol. The quantitative estimate of drug-likeness (QED) is 0.458. The highest BCUT2D eigenvalue weighted by Crippen LogP contribution is 2.44. The van der Waals surface area contributed by atoms with Gasteiger partial charge >= 0.3 is 0 Å². The Hall–Kier alpha value is 1.46. The fraction of sp³-hybridized carbons (Fsp3) is 1.00. The van der Waals surface area contributed by atoms with Gasteiger partial charge in [0, 0.05) is 7.35 Å². The van der Waals surface area contributed by atoms with E-state index in [1.54, 1.807) is 0 Å². The zero-order chi connectivity index (χ0) is 9.35. The molecule has 0 heterocycles. The van der Waals surface area contributed by atoms with Crippen molar-refractivity contribution < 1.29 is 0 Å². The molecular formula is C10H18I2.